The molecule has 4 rings (SSSR count). The summed E-state index contributed by atoms with van der Waals surface area (Å²) in [5.74, 6) is -0.754. The van der Waals surface area contributed by atoms with E-state index in [0.29, 0.717) is 11.3 Å². The summed E-state index contributed by atoms with van der Waals surface area (Å²) >= 11 is 1.60. The molecule has 0 bridgehead atoms. The molecule has 154 valence electrons. The summed E-state index contributed by atoms with van der Waals surface area (Å²) < 4.78 is 1.06. The van der Waals surface area contributed by atoms with Gasteiger partial charge in [0.1, 0.15) is 5.70 Å². The molecule has 4 aromatic rings. The van der Waals surface area contributed by atoms with Crippen molar-refractivity contribution in [3.05, 3.63) is 100 Å². The van der Waals surface area contributed by atoms with Crippen molar-refractivity contribution in [2.75, 3.05) is 5.32 Å². The second kappa shape index (κ2) is 8.93. The van der Waals surface area contributed by atoms with Crippen molar-refractivity contribution in [3.8, 4) is 0 Å². The van der Waals surface area contributed by atoms with Crippen LogP contribution in [0.4, 0.5) is 5.69 Å². The molecule has 0 radical (unpaired) electrons. The molecule has 1 aromatic heterocycles. The Morgan fingerprint density at radius 2 is 1.68 bits per heavy atom. The number of benzene rings is 3. The Kier molecular flexibility index (Phi) is 5.91. The third kappa shape index (κ3) is 5.05. The quantitative estimate of drug-likeness (QED) is 0.423. The van der Waals surface area contributed by atoms with Gasteiger partial charge in [-0.1, -0.05) is 48.0 Å². The Hall–Kier alpha value is -3.77. The molecule has 5 nitrogen and oxygen atoms in total. The first-order chi connectivity index (χ1) is 15.0. The van der Waals surface area contributed by atoms with Crippen LogP contribution in [0.5, 0.6) is 0 Å². The van der Waals surface area contributed by atoms with Gasteiger partial charge in [0.2, 0.25) is 0 Å². The molecule has 6 heteroatoms. The Morgan fingerprint density at radius 1 is 0.935 bits per heavy atom. The van der Waals surface area contributed by atoms with Crippen LogP contribution >= 0.6 is 11.3 Å². The smallest absolute Gasteiger partial charge is 0.272 e. The maximum Gasteiger partial charge on any atom is 0.272 e. The number of nitrogens with one attached hydrogen (secondary N) is 2. The normalized spacial score (nSPS) is 11.4. The van der Waals surface area contributed by atoms with Gasteiger partial charge < -0.3 is 10.6 Å². The molecule has 0 aliphatic carbocycles. The largest absolute Gasteiger partial charge is 0.321 e. The highest BCUT2D eigenvalue weighted by atomic mass is 32.1. The van der Waals surface area contributed by atoms with E-state index in [1.807, 2.05) is 62.4 Å². The number of anilines is 1. The Labute approximate surface area is 184 Å². The molecular weight excluding hydrogens is 406 g/mol. The van der Waals surface area contributed by atoms with Gasteiger partial charge in [-0.05, 0) is 55.8 Å². The van der Waals surface area contributed by atoms with Crippen LogP contribution < -0.4 is 10.6 Å². The summed E-state index contributed by atoms with van der Waals surface area (Å²) in [6.45, 7) is 3.94. The summed E-state index contributed by atoms with van der Waals surface area (Å²) in [7, 11) is 0. The van der Waals surface area contributed by atoms with Crippen molar-refractivity contribution in [2.24, 2.45) is 0 Å². The summed E-state index contributed by atoms with van der Waals surface area (Å²) in [4.78, 5) is 30.2. The van der Waals surface area contributed by atoms with E-state index in [1.165, 1.54) is 0 Å². The number of nitrogens with zero attached hydrogens (tertiary/aromatic N) is 1. The van der Waals surface area contributed by atoms with Crippen molar-refractivity contribution >= 4 is 45.1 Å². The fourth-order valence-corrected chi connectivity index (χ4v) is 3.90. The maximum absolute atomic E-state index is 13.1. The zero-order valence-electron chi connectivity index (χ0n) is 17.2. The molecule has 2 amide bonds. The van der Waals surface area contributed by atoms with Crippen LogP contribution in [0.15, 0.2) is 78.5 Å². The first-order valence-electron chi connectivity index (χ1n) is 9.81. The average Bonchev–Trinajstić information content (AvgIpc) is 3.14. The predicted molar refractivity (Wildman–Crippen MR) is 126 cm³/mol. The molecule has 0 atom stereocenters. The molecule has 0 spiro atoms. The van der Waals surface area contributed by atoms with Crippen LogP contribution in [0.2, 0.25) is 0 Å². The zero-order chi connectivity index (χ0) is 21.8. The second-order valence-corrected chi connectivity index (χ2v) is 8.39. The SMILES string of the molecule is Cc1ccc(/C=C(/NC(=O)c2ccccc2)C(=O)Nc2ccc3sc(C)nc3c2)cc1. The van der Waals surface area contributed by atoms with Gasteiger partial charge in [-0.3, -0.25) is 9.59 Å². The third-order valence-electron chi connectivity index (χ3n) is 4.67. The van der Waals surface area contributed by atoms with E-state index in [-0.39, 0.29) is 11.6 Å². The van der Waals surface area contributed by atoms with Gasteiger partial charge in [0.25, 0.3) is 11.8 Å². The van der Waals surface area contributed by atoms with Crippen LogP contribution in [-0.4, -0.2) is 16.8 Å². The number of amides is 2. The van der Waals surface area contributed by atoms with E-state index >= 15 is 0 Å². The average molecular weight is 428 g/mol. The number of thiazole rings is 1. The number of hydrogen-bond donors (Lipinski definition) is 2. The van der Waals surface area contributed by atoms with E-state index in [4.69, 9.17) is 0 Å². The fraction of sp³-hybridized carbons (Fsp3) is 0.0800. The molecule has 0 fully saturated rings. The Bertz CT molecular complexity index is 1280. The number of hydrogen-bond acceptors (Lipinski definition) is 4. The second-order valence-electron chi connectivity index (χ2n) is 7.16. The predicted octanol–water partition coefficient (Wildman–Crippen LogP) is 5.32. The van der Waals surface area contributed by atoms with Crippen LogP contribution in [0, 0.1) is 13.8 Å². The maximum atomic E-state index is 13.1. The van der Waals surface area contributed by atoms with E-state index in [2.05, 4.69) is 15.6 Å². The molecule has 0 saturated heterocycles. The Balaban J connectivity index is 1.62. The number of rotatable bonds is 5. The minimum atomic E-state index is -0.406. The first-order valence-corrected chi connectivity index (χ1v) is 10.6. The van der Waals surface area contributed by atoms with Crippen LogP contribution in [0.25, 0.3) is 16.3 Å². The van der Waals surface area contributed by atoms with E-state index in [0.717, 1.165) is 26.4 Å². The molecular formula is C25H21N3O2S. The van der Waals surface area contributed by atoms with E-state index < -0.39 is 5.91 Å². The lowest BCUT2D eigenvalue weighted by Gasteiger charge is -2.11. The van der Waals surface area contributed by atoms with Gasteiger partial charge in [-0.2, -0.15) is 0 Å². The van der Waals surface area contributed by atoms with Crippen molar-refractivity contribution in [1.82, 2.24) is 10.3 Å². The van der Waals surface area contributed by atoms with Gasteiger partial charge in [-0.25, -0.2) is 4.98 Å². The zero-order valence-corrected chi connectivity index (χ0v) is 18.0. The monoisotopic (exact) mass is 427 g/mol. The molecule has 0 aliphatic heterocycles. The van der Waals surface area contributed by atoms with E-state index in [1.54, 1.807) is 41.7 Å². The minimum Gasteiger partial charge on any atom is -0.321 e. The van der Waals surface area contributed by atoms with Crippen molar-refractivity contribution in [3.63, 3.8) is 0 Å². The van der Waals surface area contributed by atoms with Gasteiger partial charge in [-0.15, -0.1) is 11.3 Å². The highest BCUT2D eigenvalue weighted by Crippen LogP contribution is 2.24. The first kappa shape index (κ1) is 20.5. The number of aryl methyl sites for hydroxylation is 2. The third-order valence-corrected chi connectivity index (χ3v) is 5.62. The fourth-order valence-electron chi connectivity index (χ4n) is 3.09. The van der Waals surface area contributed by atoms with Crippen LogP contribution in [-0.2, 0) is 4.79 Å². The minimum absolute atomic E-state index is 0.160. The lowest BCUT2D eigenvalue weighted by molar-refractivity contribution is -0.113. The lowest BCUT2D eigenvalue weighted by Crippen LogP contribution is -2.30. The molecule has 2 N–H and O–H groups in total. The standard InChI is InChI=1S/C25H21N3O2S/c1-16-8-10-18(11-9-16)14-22(28-24(29)19-6-4-3-5-7-19)25(30)27-20-12-13-23-21(15-20)26-17(2)31-23/h3-15H,1-2H3,(H,27,30)(H,28,29)/b22-14+. The molecule has 31 heavy (non-hydrogen) atoms. The number of aromatic nitrogens is 1. The van der Waals surface area contributed by atoms with Crippen molar-refractivity contribution in [2.45, 2.75) is 13.8 Å². The van der Waals surface area contributed by atoms with Gasteiger partial charge in [0.05, 0.1) is 15.2 Å². The Morgan fingerprint density at radius 3 is 2.42 bits per heavy atom. The topological polar surface area (TPSA) is 71.1 Å². The van der Waals surface area contributed by atoms with Gasteiger partial charge in [0.15, 0.2) is 0 Å². The molecule has 0 unspecified atom stereocenters. The number of carbonyl (C=O) groups excluding carboxylic acids is 2. The summed E-state index contributed by atoms with van der Waals surface area (Å²) in [6, 6.07) is 22.1. The molecule has 3 aromatic carbocycles. The van der Waals surface area contributed by atoms with Crippen molar-refractivity contribution < 1.29 is 9.59 Å². The summed E-state index contributed by atoms with van der Waals surface area (Å²) in [6.07, 6.45) is 1.67. The highest BCUT2D eigenvalue weighted by Gasteiger charge is 2.15. The number of fused-ring (bicyclic) bond motifs is 1. The van der Waals surface area contributed by atoms with Crippen molar-refractivity contribution in [1.29, 1.82) is 0 Å². The van der Waals surface area contributed by atoms with Gasteiger partial charge >= 0.3 is 0 Å². The molecule has 1 heterocycles. The van der Waals surface area contributed by atoms with Crippen LogP contribution in [0.1, 0.15) is 26.5 Å². The summed E-state index contributed by atoms with van der Waals surface area (Å²) in [5.41, 5.74) is 4.01. The highest BCUT2D eigenvalue weighted by molar-refractivity contribution is 7.18. The molecule has 0 saturated carbocycles. The molecule has 0 aliphatic rings. The van der Waals surface area contributed by atoms with Gasteiger partial charge in [0, 0.05) is 11.3 Å². The van der Waals surface area contributed by atoms with E-state index in [9.17, 15) is 9.59 Å². The number of carbonyl (C=O) groups is 2. The lowest BCUT2D eigenvalue weighted by atomic mass is 10.1. The summed E-state index contributed by atoms with van der Waals surface area (Å²) in [5, 5.41) is 6.60. The van der Waals surface area contributed by atoms with Crippen LogP contribution in [0.3, 0.4) is 0 Å².